The van der Waals surface area contributed by atoms with Crippen LogP contribution in [0.4, 0.5) is 5.82 Å². The van der Waals surface area contributed by atoms with Crippen LogP contribution in [0.2, 0.25) is 5.02 Å². The third kappa shape index (κ3) is 3.93. The second-order valence-corrected chi connectivity index (χ2v) is 6.89. The van der Waals surface area contributed by atoms with Crippen LogP contribution in [0.3, 0.4) is 0 Å². The van der Waals surface area contributed by atoms with Crippen molar-refractivity contribution in [1.29, 1.82) is 0 Å². The molecule has 3 aromatic rings. The van der Waals surface area contributed by atoms with E-state index in [1.54, 1.807) is 6.07 Å². The molecule has 1 amide bonds. The molecule has 0 atom stereocenters. The summed E-state index contributed by atoms with van der Waals surface area (Å²) in [5, 5.41) is 3.91. The topological polar surface area (TPSA) is 58.1 Å². The van der Waals surface area contributed by atoms with Gasteiger partial charge in [0.2, 0.25) is 0 Å². The van der Waals surface area contributed by atoms with E-state index in [0.29, 0.717) is 36.2 Å². The van der Waals surface area contributed by atoms with Gasteiger partial charge in [-0.1, -0.05) is 54.1 Å². The molecule has 2 heterocycles. The fourth-order valence-corrected chi connectivity index (χ4v) is 3.43. The number of rotatable bonds is 4. The lowest BCUT2D eigenvalue weighted by Crippen LogP contribution is -2.36. The van der Waals surface area contributed by atoms with E-state index in [-0.39, 0.29) is 5.91 Å². The Kier molecular flexibility index (Phi) is 5.03. The lowest BCUT2D eigenvalue weighted by atomic mass is 10.00. The van der Waals surface area contributed by atoms with Crippen LogP contribution in [0.5, 0.6) is 0 Å². The molecule has 27 heavy (non-hydrogen) atoms. The van der Waals surface area contributed by atoms with Crippen molar-refractivity contribution in [3.05, 3.63) is 88.3 Å². The number of halogens is 1. The molecule has 1 aliphatic heterocycles. The van der Waals surface area contributed by atoms with Crippen LogP contribution in [0.25, 0.3) is 0 Å². The predicted molar refractivity (Wildman–Crippen MR) is 106 cm³/mol. The summed E-state index contributed by atoms with van der Waals surface area (Å²) in [6.45, 7) is 1.84. The zero-order valence-corrected chi connectivity index (χ0v) is 15.5. The van der Waals surface area contributed by atoms with Gasteiger partial charge in [-0.05, 0) is 29.2 Å². The highest BCUT2D eigenvalue weighted by molar-refractivity contribution is 6.31. The molecule has 0 bridgehead atoms. The van der Waals surface area contributed by atoms with Crippen LogP contribution in [0.15, 0.2) is 60.9 Å². The number of nitrogens with zero attached hydrogens (tertiary/aromatic N) is 3. The molecule has 0 spiro atoms. The van der Waals surface area contributed by atoms with E-state index >= 15 is 0 Å². The molecule has 1 N–H and O–H groups in total. The normalized spacial score (nSPS) is 13.1. The Morgan fingerprint density at radius 2 is 1.85 bits per heavy atom. The molecular formula is C21H19ClN4O. The van der Waals surface area contributed by atoms with E-state index in [2.05, 4.69) is 27.4 Å². The van der Waals surface area contributed by atoms with E-state index in [1.165, 1.54) is 17.5 Å². The lowest BCUT2D eigenvalue weighted by Gasteiger charge is -2.28. The zero-order valence-electron chi connectivity index (χ0n) is 14.7. The van der Waals surface area contributed by atoms with Gasteiger partial charge in [0.05, 0.1) is 0 Å². The molecule has 1 aromatic heterocycles. The molecule has 5 nitrogen and oxygen atoms in total. The lowest BCUT2D eigenvalue weighted by molar-refractivity contribution is 0.0728. The van der Waals surface area contributed by atoms with Crippen molar-refractivity contribution in [2.75, 3.05) is 11.9 Å². The zero-order chi connectivity index (χ0) is 18.6. The Bertz CT molecular complexity index is 976. The minimum atomic E-state index is -0.0762. The predicted octanol–water partition coefficient (Wildman–Crippen LogP) is 3.94. The first kappa shape index (κ1) is 17.5. The summed E-state index contributed by atoms with van der Waals surface area (Å²) >= 11 is 6.18. The van der Waals surface area contributed by atoms with Gasteiger partial charge in [0, 0.05) is 30.7 Å². The Morgan fingerprint density at radius 1 is 1.07 bits per heavy atom. The van der Waals surface area contributed by atoms with E-state index in [0.717, 1.165) is 12.0 Å². The molecule has 1 aliphatic rings. The number of anilines is 1. The van der Waals surface area contributed by atoms with Crippen molar-refractivity contribution in [3.63, 3.8) is 0 Å². The van der Waals surface area contributed by atoms with Crippen molar-refractivity contribution in [1.82, 2.24) is 14.9 Å². The average Bonchev–Trinajstić information content (AvgIpc) is 2.72. The maximum Gasteiger partial charge on any atom is 0.272 e. The molecule has 136 valence electrons. The molecule has 2 aromatic carbocycles. The summed E-state index contributed by atoms with van der Waals surface area (Å²) in [6, 6.07) is 17.6. The van der Waals surface area contributed by atoms with E-state index in [4.69, 9.17) is 11.6 Å². The van der Waals surface area contributed by atoms with Gasteiger partial charge < -0.3 is 10.2 Å². The number of carbonyl (C=O) groups is 1. The molecule has 0 saturated carbocycles. The third-order valence-electron chi connectivity index (χ3n) is 4.72. The van der Waals surface area contributed by atoms with E-state index in [1.807, 2.05) is 41.3 Å². The van der Waals surface area contributed by atoms with Crippen LogP contribution < -0.4 is 5.32 Å². The molecule has 0 fully saturated rings. The van der Waals surface area contributed by atoms with Crippen molar-refractivity contribution in [2.24, 2.45) is 0 Å². The van der Waals surface area contributed by atoms with Gasteiger partial charge in [-0.2, -0.15) is 0 Å². The van der Waals surface area contributed by atoms with Crippen LogP contribution in [0, 0.1) is 0 Å². The van der Waals surface area contributed by atoms with Crippen molar-refractivity contribution < 1.29 is 4.79 Å². The van der Waals surface area contributed by atoms with Gasteiger partial charge in [0.1, 0.15) is 17.8 Å². The first-order valence-corrected chi connectivity index (χ1v) is 9.24. The van der Waals surface area contributed by atoms with Crippen LogP contribution in [-0.4, -0.2) is 27.3 Å². The number of nitrogens with one attached hydrogen (secondary N) is 1. The fourth-order valence-electron chi connectivity index (χ4n) is 3.23. The van der Waals surface area contributed by atoms with E-state index < -0.39 is 0 Å². The van der Waals surface area contributed by atoms with Crippen molar-refractivity contribution in [2.45, 2.75) is 19.5 Å². The number of carbonyl (C=O) groups excluding carboxylic acids is 1. The van der Waals surface area contributed by atoms with Gasteiger partial charge in [-0.25, -0.2) is 9.97 Å². The number of hydrogen-bond acceptors (Lipinski definition) is 4. The Hall–Kier alpha value is -2.92. The Balaban J connectivity index is 1.46. The molecule has 4 rings (SSSR count). The van der Waals surface area contributed by atoms with Crippen LogP contribution >= 0.6 is 11.6 Å². The summed E-state index contributed by atoms with van der Waals surface area (Å²) < 4.78 is 0. The maximum absolute atomic E-state index is 12.9. The number of aromatic nitrogens is 2. The second kappa shape index (κ2) is 7.76. The minimum absolute atomic E-state index is 0.0762. The standard InChI is InChI=1S/C21H19ClN4O/c22-18-8-4-3-6-16(18)12-23-20-11-19(24-14-25-20)21(27)26-10-9-15-5-1-2-7-17(15)13-26/h1-8,11,14H,9-10,12-13H2,(H,23,24,25). The third-order valence-corrected chi connectivity index (χ3v) is 5.09. The van der Waals surface area contributed by atoms with Gasteiger partial charge in [-0.15, -0.1) is 0 Å². The Morgan fingerprint density at radius 3 is 2.70 bits per heavy atom. The van der Waals surface area contributed by atoms with E-state index in [9.17, 15) is 4.79 Å². The number of benzene rings is 2. The SMILES string of the molecule is O=C(c1cc(NCc2ccccc2Cl)ncn1)N1CCc2ccccc2C1. The fraction of sp³-hybridized carbons (Fsp3) is 0.190. The number of hydrogen-bond donors (Lipinski definition) is 1. The van der Waals surface area contributed by atoms with Crippen molar-refractivity contribution >= 4 is 23.3 Å². The highest BCUT2D eigenvalue weighted by atomic mass is 35.5. The molecule has 0 unspecified atom stereocenters. The summed E-state index contributed by atoms with van der Waals surface area (Å²) in [7, 11) is 0. The molecular weight excluding hydrogens is 360 g/mol. The first-order chi connectivity index (χ1) is 13.2. The van der Waals surface area contributed by atoms with Gasteiger partial charge in [0.15, 0.2) is 0 Å². The second-order valence-electron chi connectivity index (χ2n) is 6.48. The van der Waals surface area contributed by atoms with Crippen molar-refractivity contribution in [3.8, 4) is 0 Å². The van der Waals surface area contributed by atoms with Crippen LogP contribution in [-0.2, 0) is 19.5 Å². The monoisotopic (exact) mass is 378 g/mol. The summed E-state index contributed by atoms with van der Waals surface area (Å²) in [4.78, 5) is 23.1. The molecule has 0 saturated heterocycles. The maximum atomic E-state index is 12.9. The summed E-state index contributed by atoms with van der Waals surface area (Å²) in [5.74, 6) is 0.526. The molecule has 6 heteroatoms. The largest absolute Gasteiger partial charge is 0.366 e. The van der Waals surface area contributed by atoms with Gasteiger partial charge in [-0.3, -0.25) is 4.79 Å². The first-order valence-electron chi connectivity index (χ1n) is 8.86. The average molecular weight is 379 g/mol. The number of amides is 1. The van der Waals surface area contributed by atoms with Gasteiger partial charge in [0.25, 0.3) is 5.91 Å². The summed E-state index contributed by atoms with van der Waals surface area (Å²) in [5.41, 5.74) is 3.87. The minimum Gasteiger partial charge on any atom is -0.366 e. The summed E-state index contributed by atoms with van der Waals surface area (Å²) in [6.07, 6.45) is 2.28. The molecule has 0 radical (unpaired) electrons. The molecule has 0 aliphatic carbocycles. The smallest absolute Gasteiger partial charge is 0.272 e. The quantitative estimate of drug-likeness (QED) is 0.747. The highest BCUT2D eigenvalue weighted by Gasteiger charge is 2.22. The Labute approximate surface area is 163 Å². The van der Waals surface area contributed by atoms with Crippen LogP contribution in [0.1, 0.15) is 27.2 Å². The highest BCUT2D eigenvalue weighted by Crippen LogP contribution is 2.21. The van der Waals surface area contributed by atoms with Gasteiger partial charge >= 0.3 is 0 Å². The number of fused-ring (bicyclic) bond motifs is 1.